The quantitative estimate of drug-likeness (QED) is 0.581. The van der Waals surface area contributed by atoms with E-state index in [1.807, 2.05) is 36.5 Å². The van der Waals surface area contributed by atoms with E-state index >= 15 is 0 Å². The van der Waals surface area contributed by atoms with Gasteiger partial charge in [0.05, 0.1) is 5.69 Å². The summed E-state index contributed by atoms with van der Waals surface area (Å²) in [5.74, 6) is 1.82. The Balaban J connectivity index is 1.64. The molecule has 1 aromatic heterocycles. The number of nitrogens with zero attached hydrogens (tertiary/aromatic N) is 2. The molecule has 20 heavy (non-hydrogen) atoms. The number of halogens is 1. The van der Waals surface area contributed by atoms with Crippen LogP contribution in [0.5, 0.6) is 0 Å². The van der Waals surface area contributed by atoms with E-state index in [-0.39, 0.29) is 0 Å². The first-order valence-electron chi connectivity index (χ1n) is 6.86. The topological polar surface area (TPSA) is 25.8 Å². The predicted octanol–water partition coefficient (Wildman–Crippen LogP) is 4.89. The molecule has 1 aromatic carbocycles. The third kappa shape index (κ3) is 3.53. The fraction of sp³-hybridized carbons (Fsp3) is 0.312. The number of rotatable bonds is 5. The Morgan fingerprint density at radius 3 is 2.70 bits per heavy atom. The van der Waals surface area contributed by atoms with Crippen LogP contribution in [0, 0.1) is 12.3 Å². The zero-order chi connectivity index (χ0) is 13.8. The molecule has 0 spiro atoms. The Labute approximate surface area is 129 Å². The summed E-state index contributed by atoms with van der Waals surface area (Å²) in [6.45, 7) is 0. The smallest absolute Gasteiger partial charge is 0.188 e. The highest BCUT2D eigenvalue weighted by Crippen LogP contribution is 2.30. The van der Waals surface area contributed by atoms with Crippen LogP contribution >= 0.6 is 23.4 Å². The van der Waals surface area contributed by atoms with Gasteiger partial charge in [-0.25, -0.2) is 9.97 Å². The van der Waals surface area contributed by atoms with Crippen LogP contribution in [-0.4, -0.2) is 15.7 Å². The molecule has 1 heterocycles. The normalized spacial score (nSPS) is 15.1. The average Bonchev–Trinajstić information content (AvgIpc) is 2.43. The Morgan fingerprint density at radius 2 is 2.00 bits per heavy atom. The molecule has 2 aromatic rings. The van der Waals surface area contributed by atoms with Crippen LogP contribution in [-0.2, 0) is 0 Å². The van der Waals surface area contributed by atoms with Gasteiger partial charge in [0.1, 0.15) is 0 Å². The Bertz CT molecular complexity index is 567. The van der Waals surface area contributed by atoms with Crippen LogP contribution < -0.4 is 0 Å². The van der Waals surface area contributed by atoms with Crippen molar-refractivity contribution >= 4 is 23.4 Å². The number of hydrogen-bond donors (Lipinski definition) is 0. The largest absolute Gasteiger partial charge is 0.231 e. The minimum absolute atomic E-state index is 0.743. The summed E-state index contributed by atoms with van der Waals surface area (Å²) in [5.41, 5.74) is 2.02. The monoisotopic (exact) mass is 303 g/mol. The summed E-state index contributed by atoms with van der Waals surface area (Å²) in [5, 5.41) is 1.58. The first-order valence-corrected chi connectivity index (χ1v) is 8.23. The molecule has 2 nitrogen and oxygen atoms in total. The van der Waals surface area contributed by atoms with E-state index in [9.17, 15) is 0 Å². The second-order valence-electron chi connectivity index (χ2n) is 4.97. The SMILES string of the molecule is Clc1ccc(-c2ccnc(SC[CH]C3CCC3)n2)cc1. The van der Waals surface area contributed by atoms with Crippen molar-refractivity contribution in [2.75, 3.05) is 5.75 Å². The van der Waals surface area contributed by atoms with Crippen LogP contribution in [0.3, 0.4) is 0 Å². The zero-order valence-corrected chi connectivity index (χ0v) is 12.7. The molecule has 0 amide bonds. The highest BCUT2D eigenvalue weighted by atomic mass is 35.5. The average molecular weight is 304 g/mol. The first-order chi connectivity index (χ1) is 9.81. The highest BCUT2D eigenvalue weighted by molar-refractivity contribution is 7.99. The lowest BCUT2D eigenvalue weighted by atomic mass is 9.84. The molecule has 1 fully saturated rings. The molecule has 1 aliphatic carbocycles. The second-order valence-corrected chi connectivity index (χ2v) is 6.39. The van der Waals surface area contributed by atoms with Gasteiger partial charge in [0.15, 0.2) is 5.16 Å². The van der Waals surface area contributed by atoms with Crippen molar-refractivity contribution in [3.63, 3.8) is 0 Å². The fourth-order valence-electron chi connectivity index (χ4n) is 2.13. The Hall–Kier alpha value is -1.06. The van der Waals surface area contributed by atoms with Gasteiger partial charge in [-0.2, -0.15) is 0 Å². The van der Waals surface area contributed by atoms with E-state index < -0.39 is 0 Å². The van der Waals surface area contributed by atoms with Gasteiger partial charge in [0.25, 0.3) is 0 Å². The van der Waals surface area contributed by atoms with Crippen LogP contribution in [0.25, 0.3) is 11.3 Å². The van der Waals surface area contributed by atoms with Gasteiger partial charge in [-0.05, 0) is 30.5 Å². The minimum atomic E-state index is 0.743. The van der Waals surface area contributed by atoms with E-state index in [2.05, 4.69) is 16.4 Å². The van der Waals surface area contributed by atoms with Crippen molar-refractivity contribution in [2.24, 2.45) is 5.92 Å². The molecule has 0 aliphatic heterocycles. The van der Waals surface area contributed by atoms with Crippen molar-refractivity contribution in [1.82, 2.24) is 9.97 Å². The summed E-state index contributed by atoms with van der Waals surface area (Å²) in [6.07, 6.45) is 8.31. The fourth-order valence-corrected chi connectivity index (χ4v) is 3.07. The zero-order valence-electron chi connectivity index (χ0n) is 11.1. The van der Waals surface area contributed by atoms with E-state index in [0.717, 1.165) is 33.1 Å². The summed E-state index contributed by atoms with van der Waals surface area (Å²) in [4.78, 5) is 8.93. The van der Waals surface area contributed by atoms with Crippen LogP contribution in [0.4, 0.5) is 0 Å². The van der Waals surface area contributed by atoms with Gasteiger partial charge < -0.3 is 0 Å². The molecule has 0 saturated heterocycles. The molecule has 1 aliphatic rings. The lowest BCUT2D eigenvalue weighted by Crippen LogP contribution is -2.12. The van der Waals surface area contributed by atoms with Crippen molar-refractivity contribution in [1.29, 1.82) is 0 Å². The summed E-state index contributed by atoms with van der Waals surface area (Å²) in [7, 11) is 0. The molecule has 0 unspecified atom stereocenters. The van der Waals surface area contributed by atoms with E-state index in [4.69, 9.17) is 11.6 Å². The maximum atomic E-state index is 5.91. The highest BCUT2D eigenvalue weighted by Gasteiger charge is 2.17. The van der Waals surface area contributed by atoms with Gasteiger partial charge in [-0.3, -0.25) is 0 Å². The van der Waals surface area contributed by atoms with Crippen LogP contribution in [0.1, 0.15) is 19.3 Å². The molecule has 1 saturated carbocycles. The summed E-state index contributed by atoms with van der Waals surface area (Å²) < 4.78 is 0. The van der Waals surface area contributed by atoms with E-state index in [0.29, 0.717) is 0 Å². The second kappa shape index (κ2) is 6.59. The van der Waals surface area contributed by atoms with E-state index in [1.54, 1.807) is 11.8 Å². The van der Waals surface area contributed by atoms with Crippen molar-refractivity contribution in [2.45, 2.75) is 24.4 Å². The lowest BCUT2D eigenvalue weighted by molar-refractivity contribution is 0.364. The Kier molecular flexibility index (Phi) is 4.58. The minimum Gasteiger partial charge on any atom is -0.231 e. The maximum Gasteiger partial charge on any atom is 0.188 e. The summed E-state index contributed by atoms with van der Waals surface area (Å²) in [6, 6.07) is 9.68. The van der Waals surface area contributed by atoms with Crippen molar-refractivity contribution < 1.29 is 0 Å². The number of hydrogen-bond acceptors (Lipinski definition) is 3. The molecular weight excluding hydrogens is 288 g/mol. The molecule has 0 bridgehead atoms. The van der Waals surface area contributed by atoms with Gasteiger partial charge in [0, 0.05) is 22.5 Å². The molecule has 1 radical (unpaired) electrons. The van der Waals surface area contributed by atoms with Gasteiger partial charge >= 0.3 is 0 Å². The molecule has 0 atom stereocenters. The maximum absolute atomic E-state index is 5.91. The molecule has 0 N–H and O–H groups in total. The first kappa shape index (κ1) is 13.9. The molecule has 4 heteroatoms. The lowest BCUT2D eigenvalue weighted by Gasteiger charge is -2.24. The predicted molar refractivity (Wildman–Crippen MR) is 84.8 cm³/mol. The third-order valence-corrected chi connectivity index (χ3v) is 4.63. The standard InChI is InChI=1S/C16H16ClN2S/c17-14-6-4-13(5-7-14)15-8-10-18-16(19-15)20-11-9-12-2-1-3-12/h4-10,12H,1-3,11H2. The number of thioether (sulfide) groups is 1. The number of benzene rings is 1. The van der Waals surface area contributed by atoms with E-state index in [1.165, 1.54) is 19.3 Å². The Morgan fingerprint density at radius 1 is 1.20 bits per heavy atom. The van der Waals surface area contributed by atoms with Crippen molar-refractivity contribution in [3.05, 3.63) is 48.0 Å². The van der Waals surface area contributed by atoms with Gasteiger partial charge in [0.2, 0.25) is 0 Å². The molecule has 103 valence electrons. The van der Waals surface area contributed by atoms with Gasteiger partial charge in [-0.15, -0.1) is 0 Å². The molecule has 3 rings (SSSR count). The van der Waals surface area contributed by atoms with Crippen molar-refractivity contribution in [3.8, 4) is 11.3 Å². The summed E-state index contributed by atoms with van der Waals surface area (Å²) >= 11 is 7.61. The van der Waals surface area contributed by atoms with Crippen LogP contribution in [0.2, 0.25) is 5.02 Å². The van der Waals surface area contributed by atoms with Gasteiger partial charge in [-0.1, -0.05) is 54.8 Å². The third-order valence-electron chi connectivity index (χ3n) is 3.57. The number of aromatic nitrogens is 2. The van der Waals surface area contributed by atoms with Crippen LogP contribution in [0.15, 0.2) is 41.7 Å². The molecular formula is C16H16ClN2S.